The molecule has 24 heavy (non-hydrogen) atoms. The molecule has 1 saturated carbocycles. The first kappa shape index (κ1) is 16.4. The van der Waals surface area contributed by atoms with Crippen molar-refractivity contribution in [3.8, 4) is 17.1 Å². The second kappa shape index (κ2) is 7.00. The van der Waals surface area contributed by atoms with E-state index in [0.717, 1.165) is 30.6 Å². The van der Waals surface area contributed by atoms with E-state index in [1.54, 1.807) is 7.11 Å². The Kier molecular flexibility index (Phi) is 4.80. The quantitative estimate of drug-likeness (QED) is 0.869. The van der Waals surface area contributed by atoms with Gasteiger partial charge in [-0.25, -0.2) is 0 Å². The number of nitrogens with zero attached hydrogens (tertiary/aromatic N) is 2. The summed E-state index contributed by atoms with van der Waals surface area (Å²) in [5.41, 5.74) is 6.66. The Morgan fingerprint density at radius 1 is 1.46 bits per heavy atom. The lowest BCUT2D eigenvalue weighted by molar-refractivity contribution is -0.125. The number of ether oxygens (including phenoxy) is 1. The fourth-order valence-electron chi connectivity index (χ4n) is 2.94. The fourth-order valence-corrected chi connectivity index (χ4v) is 2.94. The van der Waals surface area contributed by atoms with Crippen molar-refractivity contribution in [1.82, 2.24) is 15.5 Å². The summed E-state index contributed by atoms with van der Waals surface area (Å²) in [4.78, 5) is 16.6. The van der Waals surface area contributed by atoms with Crippen molar-refractivity contribution in [1.29, 1.82) is 0 Å². The normalized spacial score (nSPS) is 21.5. The number of methoxy groups -OCH3 is 1. The van der Waals surface area contributed by atoms with Crippen LogP contribution in [-0.2, 0) is 4.79 Å². The maximum atomic E-state index is 12.3. The Hall–Kier alpha value is -2.41. The second-order valence-corrected chi connectivity index (χ2v) is 6.19. The molecule has 3 N–H and O–H groups in total. The molecule has 1 aromatic heterocycles. The number of amides is 1. The van der Waals surface area contributed by atoms with Gasteiger partial charge in [0.1, 0.15) is 11.8 Å². The van der Waals surface area contributed by atoms with Gasteiger partial charge in [-0.2, -0.15) is 4.98 Å². The van der Waals surface area contributed by atoms with Gasteiger partial charge in [0.25, 0.3) is 0 Å². The van der Waals surface area contributed by atoms with Gasteiger partial charge in [0.05, 0.1) is 7.11 Å². The molecule has 7 nitrogen and oxygen atoms in total. The number of aromatic nitrogens is 2. The fraction of sp³-hybridized carbons (Fsp3) is 0.471. The summed E-state index contributed by atoms with van der Waals surface area (Å²) in [7, 11) is 1.60. The van der Waals surface area contributed by atoms with Crippen molar-refractivity contribution >= 4 is 5.91 Å². The summed E-state index contributed by atoms with van der Waals surface area (Å²) in [6.45, 7) is 1.83. The third-order valence-electron chi connectivity index (χ3n) is 4.34. The lowest BCUT2D eigenvalue weighted by atomic mass is 10.1. The van der Waals surface area contributed by atoms with Gasteiger partial charge in [0.15, 0.2) is 0 Å². The summed E-state index contributed by atoms with van der Waals surface area (Å²) in [6.07, 6.45) is 2.46. The SMILES string of the molecule is COc1cccc(-c2noc(C(C)NC(=O)C3CCC(N)C3)n2)c1. The van der Waals surface area contributed by atoms with E-state index >= 15 is 0 Å². The average molecular weight is 330 g/mol. The first-order chi connectivity index (χ1) is 11.6. The highest BCUT2D eigenvalue weighted by molar-refractivity contribution is 5.79. The maximum absolute atomic E-state index is 12.3. The minimum Gasteiger partial charge on any atom is -0.497 e. The molecule has 0 spiro atoms. The van der Waals surface area contributed by atoms with Crippen LogP contribution in [0, 0.1) is 5.92 Å². The van der Waals surface area contributed by atoms with Gasteiger partial charge in [0, 0.05) is 17.5 Å². The number of nitrogens with two attached hydrogens (primary N) is 1. The van der Waals surface area contributed by atoms with E-state index in [1.165, 1.54) is 0 Å². The average Bonchev–Trinajstić information content (AvgIpc) is 3.24. The molecule has 1 aliphatic carbocycles. The maximum Gasteiger partial charge on any atom is 0.249 e. The molecule has 3 atom stereocenters. The Morgan fingerprint density at radius 2 is 2.29 bits per heavy atom. The number of hydrogen-bond acceptors (Lipinski definition) is 6. The van der Waals surface area contributed by atoms with E-state index in [4.69, 9.17) is 15.0 Å². The van der Waals surface area contributed by atoms with Crippen LogP contribution in [0.2, 0.25) is 0 Å². The largest absolute Gasteiger partial charge is 0.497 e. The minimum absolute atomic E-state index is 0.00317. The van der Waals surface area contributed by atoms with Crippen molar-refractivity contribution in [2.45, 2.75) is 38.3 Å². The third kappa shape index (κ3) is 3.56. The van der Waals surface area contributed by atoms with Gasteiger partial charge in [-0.1, -0.05) is 17.3 Å². The van der Waals surface area contributed by atoms with Crippen LogP contribution in [0.25, 0.3) is 11.4 Å². The zero-order chi connectivity index (χ0) is 17.1. The lowest BCUT2D eigenvalue weighted by Gasteiger charge is -2.13. The molecular formula is C17H22N4O3. The first-order valence-corrected chi connectivity index (χ1v) is 8.11. The predicted molar refractivity (Wildman–Crippen MR) is 88.2 cm³/mol. The highest BCUT2D eigenvalue weighted by atomic mass is 16.5. The molecule has 1 aromatic carbocycles. The van der Waals surface area contributed by atoms with Crippen LogP contribution in [-0.4, -0.2) is 29.2 Å². The van der Waals surface area contributed by atoms with Crippen molar-refractivity contribution in [2.75, 3.05) is 7.11 Å². The van der Waals surface area contributed by atoms with Gasteiger partial charge in [0.2, 0.25) is 17.6 Å². The summed E-state index contributed by atoms with van der Waals surface area (Å²) in [6, 6.07) is 7.19. The molecule has 128 valence electrons. The van der Waals surface area contributed by atoms with E-state index < -0.39 is 0 Å². The van der Waals surface area contributed by atoms with Crippen LogP contribution in [0.1, 0.15) is 38.1 Å². The number of hydrogen-bond donors (Lipinski definition) is 2. The Bertz CT molecular complexity index is 715. The summed E-state index contributed by atoms with van der Waals surface area (Å²) in [5, 5.41) is 6.92. The second-order valence-electron chi connectivity index (χ2n) is 6.19. The summed E-state index contributed by atoms with van der Waals surface area (Å²) in [5.74, 6) is 1.54. The topological polar surface area (TPSA) is 103 Å². The van der Waals surface area contributed by atoms with Gasteiger partial charge in [-0.05, 0) is 38.3 Å². The van der Waals surface area contributed by atoms with Crippen LogP contribution < -0.4 is 15.8 Å². The highest BCUT2D eigenvalue weighted by Crippen LogP contribution is 2.26. The molecule has 0 bridgehead atoms. The number of nitrogens with one attached hydrogen (secondary N) is 1. The van der Waals surface area contributed by atoms with Gasteiger partial charge >= 0.3 is 0 Å². The molecule has 3 rings (SSSR count). The van der Waals surface area contributed by atoms with Crippen molar-refractivity contribution < 1.29 is 14.1 Å². The van der Waals surface area contributed by atoms with Crippen LogP contribution >= 0.6 is 0 Å². The van der Waals surface area contributed by atoms with Gasteiger partial charge < -0.3 is 20.3 Å². The number of carbonyl (C=O) groups excluding carboxylic acids is 1. The van der Waals surface area contributed by atoms with E-state index in [2.05, 4.69) is 15.5 Å². The van der Waals surface area contributed by atoms with Crippen molar-refractivity contribution in [3.05, 3.63) is 30.2 Å². The number of rotatable bonds is 5. The standard InChI is InChI=1S/C17H22N4O3/c1-10(19-16(22)12-6-7-13(18)8-12)17-20-15(21-24-17)11-4-3-5-14(9-11)23-2/h3-5,9-10,12-13H,6-8,18H2,1-2H3,(H,19,22). The van der Waals surface area contributed by atoms with Gasteiger partial charge in [-0.3, -0.25) is 4.79 Å². The van der Waals surface area contributed by atoms with E-state index in [1.807, 2.05) is 31.2 Å². The molecule has 1 heterocycles. The molecule has 2 aromatic rings. The molecule has 1 amide bonds. The molecule has 0 saturated heterocycles. The number of carbonyl (C=O) groups is 1. The Labute approximate surface area is 140 Å². The van der Waals surface area contributed by atoms with Crippen LogP contribution in [0.5, 0.6) is 5.75 Å². The van der Waals surface area contributed by atoms with Crippen molar-refractivity contribution in [2.24, 2.45) is 11.7 Å². The highest BCUT2D eigenvalue weighted by Gasteiger charge is 2.29. The zero-order valence-corrected chi connectivity index (χ0v) is 13.9. The lowest BCUT2D eigenvalue weighted by Crippen LogP contribution is -2.32. The smallest absolute Gasteiger partial charge is 0.249 e. The molecule has 3 unspecified atom stereocenters. The molecular weight excluding hydrogens is 308 g/mol. The van der Waals surface area contributed by atoms with Crippen molar-refractivity contribution in [3.63, 3.8) is 0 Å². The molecule has 1 aliphatic rings. The molecule has 0 aliphatic heterocycles. The molecule has 7 heteroatoms. The van der Waals surface area contributed by atoms with E-state index in [9.17, 15) is 4.79 Å². The summed E-state index contributed by atoms with van der Waals surface area (Å²) >= 11 is 0. The third-order valence-corrected chi connectivity index (χ3v) is 4.34. The van der Waals surface area contributed by atoms with E-state index in [0.29, 0.717) is 11.7 Å². The Balaban J connectivity index is 1.67. The van der Waals surface area contributed by atoms with Crippen LogP contribution in [0.15, 0.2) is 28.8 Å². The van der Waals surface area contributed by atoms with E-state index in [-0.39, 0.29) is 23.9 Å². The molecule has 1 fully saturated rings. The molecule has 0 radical (unpaired) electrons. The predicted octanol–water partition coefficient (Wildman–Crippen LogP) is 2.05. The zero-order valence-electron chi connectivity index (χ0n) is 13.9. The van der Waals surface area contributed by atoms with Gasteiger partial charge in [-0.15, -0.1) is 0 Å². The summed E-state index contributed by atoms with van der Waals surface area (Å²) < 4.78 is 10.5. The Morgan fingerprint density at radius 3 is 3.00 bits per heavy atom. The minimum atomic E-state index is -0.346. The van der Waals surface area contributed by atoms with Crippen LogP contribution in [0.4, 0.5) is 0 Å². The van der Waals surface area contributed by atoms with Crippen LogP contribution in [0.3, 0.4) is 0 Å². The monoisotopic (exact) mass is 330 g/mol. The number of benzene rings is 1. The first-order valence-electron chi connectivity index (χ1n) is 8.11.